The van der Waals surface area contributed by atoms with Gasteiger partial charge >= 0.3 is 12.1 Å². The van der Waals surface area contributed by atoms with Crippen LogP contribution in [0.2, 0.25) is 0 Å². The zero-order valence-electron chi connectivity index (χ0n) is 11.5. The second-order valence-corrected chi connectivity index (χ2v) is 4.71. The van der Waals surface area contributed by atoms with Crippen molar-refractivity contribution in [2.24, 2.45) is 0 Å². The minimum atomic E-state index is -4.47. The summed E-state index contributed by atoms with van der Waals surface area (Å²) in [6, 6.07) is 7.57. The topological polar surface area (TPSA) is 75.3 Å². The first-order valence-corrected chi connectivity index (χ1v) is 6.27. The molecule has 4 nitrogen and oxygen atoms in total. The fourth-order valence-corrected chi connectivity index (χ4v) is 2.00. The Hall–Kier alpha value is -2.70. The Bertz CT molecular complexity index is 727. The van der Waals surface area contributed by atoms with Crippen molar-refractivity contribution < 1.29 is 23.1 Å². The average molecular weight is 310 g/mol. The molecule has 2 rings (SSSR count). The Kier molecular flexibility index (Phi) is 3.99. The number of anilines is 3. The van der Waals surface area contributed by atoms with Gasteiger partial charge in [0.05, 0.1) is 22.5 Å². The van der Waals surface area contributed by atoms with Gasteiger partial charge in [-0.2, -0.15) is 13.2 Å². The predicted octanol–water partition coefficient (Wildman–Crippen LogP) is 4.04. The van der Waals surface area contributed by atoms with Gasteiger partial charge in [0.1, 0.15) is 0 Å². The minimum absolute atomic E-state index is 0.0741. The maximum Gasteiger partial charge on any atom is 0.416 e. The molecule has 0 bridgehead atoms. The van der Waals surface area contributed by atoms with E-state index in [0.29, 0.717) is 11.3 Å². The van der Waals surface area contributed by atoms with Gasteiger partial charge in [0, 0.05) is 5.69 Å². The number of carbonyl (C=O) groups is 1. The molecule has 0 aliphatic carbocycles. The van der Waals surface area contributed by atoms with Crippen LogP contribution in [0.1, 0.15) is 21.5 Å². The third kappa shape index (κ3) is 3.13. The molecule has 0 atom stereocenters. The van der Waals surface area contributed by atoms with Crippen molar-refractivity contribution in [3.63, 3.8) is 0 Å². The van der Waals surface area contributed by atoms with E-state index in [1.54, 1.807) is 19.1 Å². The summed E-state index contributed by atoms with van der Waals surface area (Å²) < 4.78 is 37.8. The number of hydrogen-bond donors (Lipinski definition) is 3. The number of rotatable bonds is 3. The van der Waals surface area contributed by atoms with Gasteiger partial charge in [0.15, 0.2) is 0 Å². The Balaban J connectivity index is 2.36. The predicted molar refractivity (Wildman–Crippen MR) is 77.3 cm³/mol. The van der Waals surface area contributed by atoms with Crippen LogP contribution in [0.25, 0.3) is 0 Å². The number of halogens is 3. The van der Waals surface area contributed by atoms with E-state index >= 15 is 0 Å². The van der Waals surface area contributed by atoms with Crippen molar-refractivity contribution in [2.45, 2.75) is 13.1 Å². The normalized spacial score (nSPS) is 11.3. The molecule has 0 aliphatic rings. The number of hydrogen-bond acceptors (Lipinski definition) is 3. The van der Waals surface area contributed by atoms with Crippen molar-refractivity contribution in [3.05, 3.63) is 53.1 Å². The van der Waals surface area contributed by atoms with Gasteiger partial charge in [-0.25, -0.2) is 4.79 Å². The van der Waals surface area contributed by atoms with Crippen LogP contribution in [0, 0.1) is 6.92 Å². The zero-order chi connectivity index (χ0) is 16.5. The number of aromatic carboxylic acids is 1. The van der Waals surface area contributed by atoms with E-state index in [2.05, 4.69) is 5.32 Å². The molecule has 0 amide bonds. The average Bonchev–Trinajstić information content (AvgIpc) is 2.41. The van der Waals surface area contributed by atoms with Gasteiger partial charge in [-0.3, -0.25) is 0 Å². The maximum atomic E-state index is 12.6. The molecular weight excluding hydrogens is 297 g/mol. The van der Waals surface area contributed by atoms with Gasteiger partial charge in [-0.1, -0.05) is 6.07 Å². The monoisotopic (exact) mass is 310 g/mol. The number of carboxylic acid groups (broad SMARTS) is 1. The second kappa shape index (κ2) is 5.59. The standard InChI is InChI=1S/C15H13F3N2O2/c1-8-10(14(21)22)3-2-4-12(8)20-13-6-5-9(7-11(13)19)15(16,17)18/h2-7,20H,19H2,1H3,(H,21,22). The van der Waals surface area contributed by atoms with Crippen LogP contribution in [0.5, 0.6) is 0 Å². The molecular formula is C15H13F3N2O2. The molecule has 22 heavy (non-hydrogen) atoms. The van der Waals surface area contributed by atoms with Gasteiger partial charge in [0.25, 0.3) is 0 Å². The quantitative estimate of drug-likeness (QED) is 0.748. The van der Waals surface area contributed by atoms with E-state index in [1.165, 1.54) is 12.1 Å². The molecule has 2 aromatic rings. The molecule has 0 heterocycles. The summed E-state index contributed by atoms with van der Waals surface area (Å²) in [5.41, 5.74) is 6.03. The molecule has 0 unspecified atom stereocenters. The van der Waals surface area contributed by atoms with E-state index in [1.807, 2.05) is 0 Å². The third-order valence-corrected chi connectivity index (χ3v) is 3.21. The highest BCUT2D eigenvalue weighted by Gasteiger charge is 2.30. The molecule has 0 spiro atoms. The molecule has 116 valence electrons. The number of carboxylic acids is 1. The first-order valence-electron chi connectivity index (χ1n) is 6.27. The summed E-state index contributed by atoms with van der Waals surface area (Å²) in [6.45, 7) is 1.60. The summed E-state index contributed by atoms with van der Waals surface area (Å²) in [5, 5.41) is 11.9. The SMILES string of the molecule is Cc1c(Nc2ccc(C(F)(F)F)cc2N)cccc1C(=O)O. The highest BCUT2D eigenvalue weighted by Crippen LogP contribution is 2.34. The van der Waals surface area contributed by atoms with Crippen LogP contribution in [0.4, 0.5) is 30.2 Å². The molecule has 4 N–H and O–H groups in total. The van der Waals surface area contributed by atoms with Crippen LogP contribution in [0.3, 0.4) is 0 Å². The number of nitrogens with one attached hydrogen (secondary N) is 1. The van der Waals surface area contributed by atoms with Crippen LogP contribution < -0.4 is 11.1 Å². The summed E-state index contributed by atoms with van der Waals surface area (Å²) in [6.07, 6.45) is -4.47. The molecule has 0 saturated heterocycles. The fraction of sp³-hybridized carbons (Fsp3) is 0.133. The van der Waals surface area contributed by atoms with Crippen molar-refractivity contribution in [1.29, 1.82) is 0 Å². The first-order chi connectivity index (χ1) is 10.2. The van der Waals surface area contributed by atoms with Crippen molar-refractivity contribution in [1.82, 2.24) is 0 Å². The molecule has 0 radical (unpaired) electrons. The summed E-state index contributed by atoms with van der Waals surface area (Å²) in [5.74, 6) is -1.08. The number of nitrogens with two attached hydrogens (primary N) is 1. The van der Waals surface area contributed by atoms with E-state index < -0.39 is 17.7 Å². The molecule has 0 fully saturated rings. The summed E-state index contributed by atoms with van der Waals surface area (Å²) in [4.78, 5) is 11.1. The molecule has 2 aromatic carbocycles. The maximum absolute atomic E-state index is 12.6. The number of alkyl halides is 3. The third-order valence-electron chi connectivity index (χ3n) is 3.21. The Morgan fingerprint density at radius 1 is 1.18 bits per heavy atom. The highest BCUT2D eigenvalue weighted by atomic mass is 19.4. The Morgan fingerprint density at radius 2 is 1.86 bits per heavy atom. The lowest BCUT2D eigenvalue weighted by molar-refractivity contribution is -0.137. The number of benzene rings is 2. The number of nitrogen functional groups attached to an aromatic ring is 1. The van der Waals surface area contributed by atoms with Crippen LogP contribution in [-0.4, -0.2) is 11.1 Å². The van der Waals surface area contributed by atoms with Crippen molar-refractivity contribution in [2.75, 3.05) is 11.1 Å². The van der Waals surface area contributed by atoms with Crippen LogP contribution >= 0.6 is 0 Å². The van der Waals surface area contributed by atoms with Crippen LogP contribution in [-0.2, 0) is 6.18 Å². The van der Waals surface area contributed by atoms with Gasteiger partial charge < -0.3 is 16.2 Å². The van der Waals surface area contributed by atoms with E-state index in [0.717, 1.165) is 12.1 Å². The summed E-state index contributed by atoms with van der Waals surface area (Å²) in [7, 11) is 0. The molecule has 7 heteroatoms. The minimum Gasteiger partial charge on any atom is -0.478 e. The van der Waals surface area contributed by atoms with Gasteiger partial charge in [0.2, 0.25) is 0 Å². The van der Waals surface area contributed by atoms with E-state index in [9.17, 15) is 18.0 Å². The Labute approximate surface area is 124 Å². The largest absolute Gasteiger partial charge is 0.478 e. The lowest BCUT2D eigenvalue weighted by Gasteiger charge is -2.15. The molecule has 0 aliphatic heterocycles. The van der Waals surface area contributed by atoms with E-state index in [4.69, 9.17) is 10.8 Å². The smallest absolute Gasteiger partial charge is 0.416 e. The van der Waals surface area contributed by atoms with Crippen LogP contribution in [0.15, 0.2) is 36.4 Å². The Morgan fingerprint density at radius 3 is 2.41 bits per heavy atom. The lowest BCUT2D eigenvalue weighted by Crippen LogP contribution is -2.07. The van der Waals surface area contributed by atoms with Crippen molar-refractivity contribution >= 4 is 23.0 Å². The van der Waals surface area contributed by atoms with E-state index in [-0.39, 0.29) is 16.9 Å². The zero-order valence-corrected chi connectivity index (χ0v) is 11.5. The van der Waals surface area contributed by atoms with Gasteiger partial charge in [-0.15, -0.1) is 0 Å². The second-order valence-electron chi connectivity index (χ2n) is 4.71. The highest BCUT2D eigenvalue weighted by molar-refractivity contribution is 5.92. The summed E-state index contributed by atoms with van der Waals surface area (Å²) >= 11 is 0. The molecule has 0 aromatic heterocycles. The lowest BCUT2D eigenvalue weighted by atomic mass is 10.1. The van der Waals surface area contributed by atoms with Gasteiger partial charge in [-0.05, 0) is 42.8 Å². The first kappa shape index (κ1) is 15.7. The molecule has 0 saturated carbocycles. The van der Waals surface area contributed by atoms with Crippen molar-refractivity contribution in [3.8, 4) is 0 Å². The fourth-order valence-electron chi connectivity index (χ4n) is 2.00.